The summed E-state index contributed by atoms with van der Waals surface area (Å²) < 4.78 is 22.5. The van der Waals surface area contributed by atoms with E-state index in [4.69, 9.17) is 18.9 Å². The lowest BCUT2D eigenvalue weighted by molar-refractivity contribution is -0.141. The minimum absolute atomic E-state index is 0.305. The molecule has 5 fully saturated rings. The number of rotatable bonds is 13. The second-order valence-corrected chi connectivity index (χ2v) is 15.6. The summed E-state index contributed by atoms with van der Waals surface area (Å²) in [6.45, 7) is 12.8. The Balaban J connectivity index is 0.952. The van der Waals surface area contributed by atoms with Crippen LogP contribution in [0.4, 0.5) is 0 Å². The number of ether oxygens (including phenoxy) is 4. The summed E-state index contributed by atoms with van der Waals surface area (Å²) in [6.07, 6.45) is 11.0. The molecule has 0 N–H and O–H groups in total. The van der Waals surface area contributed by atoms with Crippen LogP contribution in [0.3, 0.4) is 0 Å². The zero-order valence-electron chi connectivity index (χ0n) is 28.6. The van der Waals surface area contributed by atoms with Gasteiger partial charge in [0.25, 0.3) is 0 Å². The van der Waals surface area contributed by atoms with E-state index >= 15 is 0 Å². The fourth-order valence-electron chi connectivity index (χ4n) is 10.5. The Hall–Kier alpha value is -3.42. The Labute approximate surface area is 285 Å². The molecule has 48 heavy (non-hydrogen) atoms. The van der Waals surface area contributed by atoms with E-state index in [0.29, 0.717) is 108 Å². The van der Waals surface area contributed by atoms with Crippen molar-refractivity contribution in [1.29, 1.82) is 0 Å². The molecule has 11 atom stereocenters. The lowest BCUT2D eigenvalue weighted by Gasteiger charge is -2.31. The molecule has 8 heteroatoms. The van der Waals surface area contributed by atoms with Gasteiger partial charge in [-0.05, 0) is 142 Å². The van der Waals surface area contributed by atoms with Gasteiger partial charge in [-0.1, -0.05) is 32.6 Å². The molecule has 2 bridgehead atoms. The van der Waals surface area contributed by atoms with Gasteiger partial charge in [-0.15, -0.1) is 0 Å². The molecule has 5 saturated carbocycles. The van der Waals surface area contributed by atoms with Crippen molar-refractivity contribution in [3.8, 4) is 0 Å². The van der Waals surface area contributed by atoms with Gasteiger partial charge in [-0.2, -0.15) is 0 Å². The van der Waals surface area contributed by atoms with E-state index in [9.17, 15) is 19.2 Å². The SMILES string of the molecule is C=CC(=O)OCC1CC(C2CCCC2COC(=O)c2cccc(C(=O)OCC3CC4C5CC(CC5COC(=O)C(=C)C)[C@H]4C3)c2)[C@@H](C)C1. The predicted molar refractivity (Wildman–Crippen MR) is 180 cm³/mol. The molecule has 260 valence electrons. The molecule has 9 unspecified atom stereocenters. The largest absolute Gasteiger partial charge is 0.462 e. The van der Waals surface area contributed by atoms with Crippen molar-refractivity contribution in [2.24, 2.45) is 65.1 Å². The first kappa shape index (κ1) is 34.4. The van der Waals surface area contributed by atoms with Gasteiger partial charge < -0.3 is 18.9 Å². The highest BCUT2D eigenvalue weighted by atomic mass is 16.5. The van der Waals surface area contributed by atoms with E-state index in [1.807, 2.05) is 0 Å². The van der Waals surface area contributed by atoms with Crippen LogP contribution in [0, 0.1) is 65.1 Å². The third-order valence-electron chi connectivity index (χ3n) is 12.6. The molecule has 1 aromatic carbocycles. The summed E-state index contributed by atoms with van der Waals surface area (Å²) in [5.41, 5.74) is 1.17. The van der Waals surface area contributed by atoms with Gasteiger partial charge in [-0.3, -0.25) is 0 Å². The van der Waals surface area contributed by atoms with Crippen LogP contribution in [0.1, 0.15) is 92.4 Å². The van der Waals surface area contributed by atoms with E-state index in [0.717, 1.165) is 51.4 Å². The fourth-order valence-corrected chi connectivity index (χ4v) is 10.5. The van der Waals surface area contributed by atoms with Crippen molar-refractivity contribution in [2.75, 3.05) is 26.4 Å². The molecule has 0 saturated heterocycles. The molecule has 6 rings (SSSR count). The van der Waals surface area contributed by atoms with Gasteiger partial charge in [0.1, 0.15) is 0 Å². The maximum absolute atomic E-state index is 13.1. The van der Waals surface area contributed by atoms with Crippen LogP contribution in [0.2, 0.25) is 0 Å². The zero-order valence-corrected chi connectivity index (χ0v) is 28.6. The van der Waals surface area contributed by atoms with E-state index in [1.54, 1.807) is 31.2 Å². The summed E-state index contributed by atoms with van der Waals surface area (Å²) in [5, 5.41) is 0. The van der Waals surface area contributed by atoms with Crippen LogP contribution < -0.4 is 0 Å². The summed E-state index contributed by atoms with van der Waals surface area (Å²) in [4.78, 5) is 49.6. The fraction of sp³-hybridized carbons (Fsp3) is 0.650. The van der Waals surface area contributed by atoms with Gasteiger partial charge in [0.05, 0.1) is 37.6 Å². The Morgan fingerprint density at radius 3 is 2.10 bits per heavy atom. The van der Waals surface area contributed by atoms with Crippen LogP contribution in [-0.4, -0.2) is 50.3 Å². The predicted octanol–water partition coefficient (Wildman–Crippen LogP) is 7.23. The lowest BCUT2D eigenvalue weighted by atomic mass is 9.76. The van der Waals surface area contributed by atoms with Crippen LogP contribution in [-0.2, 0) is 28.5 Å². The second kappa shape index (κ2) is 15.0. The van der Waals surface area contributed by atoms with Gasteiger partial charge in [0.15, 0.2) is 0 Å². The third kappa shape index (κ3) is 7.58. The number of esters is 4. The summed E-state index contributed by atoms with van der Waals surface area (Å²) in [6, 6.07) is 6.68. The number of carbonyl (C=O) groups excluding carboxylic acids is 4. The van der Waals surface area contributed by atoms with Crippen molar-refractivity contribution in [3.63, 3.8) is 0 Å². The van der Waals surface area contributed by atoms with E-state index in [1.165, 1.54) is 12.5 Å². The first-order valence-corrected chi connectivity index (χ1v) is 18.2. The number of fused-ring (bicyclic) bond motifs is 5. The summed E-state index contributed by atoms with van der Waals surface area (Å²) in [7, 11) is 0. The van der Waals surface area contributed by atoms with Gasteiger partial charge >= 0.3 is 23.9 Å². The first-order chi connectivity index (χ1) is 23.1. The maximum atomic E-state index is 13.1. The monoisotopic (exact) mass is 660 g/mol. The molecule has 0 heterocycles. The Kier molecular flexibility index (Phi) is 10.8. The molecule has 0 spiro atoms. The van der Waals surface area contributed by atoms with Crippen molar-refractivity contribution in [3.05, 3.63) is 60.2 Å². The average Bonchev–Trinajstić information content (AvgIpc) is 3.91. The Morgan fingerprint density at radius 1 is 0.729 bits per heavy atom. The topological polar surface area (TPSA) is 105 Å². The summed E-state index contributed by atoms with van der Waals surface area (Å²) >= 11 is 0. The van der Waals surface area contributed by atoms with Crippen molar-refractivity contribution >= 4 is 23.9 Å². The quantitative estimate of drug-likeness (QED) is 0.124. The lowest BCUT2D eigenvalue weighted by Crippen LogP contribution is -2.28. The molecule has 0 aromatic heterocycles. The molecule has 5 aliphatic carbocycles. The minimum atomic E-state index is -0.411. The molecule has 5 aliphatic rings. The highest BCUT2D eigenvalue weighted by Gasteiger charge is 2.56. The maximum Gasteiger partial charge on any atom is 0.338 e. The Morgan fingerprint density at radius 2 is 1.38 bits per heavy atom. The summed E-state index contributed by atoms with van der Waals surface area (Å²) in [5.74, 6) is 4.02. The Bertz CT molecular complexity index is 1400. The molecule has 0 amide bonds. The van der Waals surface area contributed by atoms with Gasteiger partial charge in [-0.25, -0.2) is 19.2 Å². The molecule has 1 aromatic rings. The highest BCUT2D eigenvalue weighted by molar-refractivity contribution is 5.95. The standard InChI is InChI=1S/C40H52O8/c1-5-37(41)45-19-25-12-24(4)33(13-25)32-11-7-10-29(32)21-48-40(44)28-9-6-8-27(16-28)39(43)46-20-26-14-34-30-17-31(22-47-38(42)23(2)3)35(18-30)36(34)15-26/h5-6,8-9,16,24-26,29-36H,1-2,7,10-15,17-22H2,3-4H3/t24-,25?,26?,29?,30?,31?,32?,33?,34+,35?,36?/m0/s1. The number of carbonyl (C=O) groups is 4. The smallest absolute Gasteiger partial charge is 0.338 e. The van der Waals surface area contributed by atoms with Crippen molar-refractivity contribution in [2.45, 2.75) is 71.6 Å². The first-order valence-electron chi connectivity index (χ1n) is 18.2. The van der Waals surface area contributed by atoms with Crippen LogP contribution >= 0.6 is 0 Å². The second-order valence-electron chi connectivity index (χ2n) is 15.6. The number of benzene rings is 1. The molecular formula is C40H52O8. The van der Waals surface area contributed by atoms with Crippen molar-refractivity contribution in [1.82, 2.24) is 0 Å². The normalized spacial score (nSPS) is 34.8. The zero-order chi connectivity index (χ0) is 33.9. The van der Waals surface area contributed by atoms with Gasteiger partial charge in [0, 0.05) is 11.6 Å². The minimum Gasteiger partial charge on any atom is -0.462 e. The average molecular weight is 661 g/mol. The van der Waals surface area contributed by atoms with E-state index < -0.39 is 11.9 Å². The number of hydrogen-bond donors (Lipinski definition) is 0. The van der Waals surface area contributed by atoms with Crippen LogP contribution in [0.15, 0.2) is 49.1 Å². The third-order valence-corrected chi connectivity index (χ3v) is 12.6. The number of hydrogen-bond acceptors (Lipinski definition) is 8. The van der Waals surface area contributed by atoms with E-state index in [2.05, 4.69) is 20.1 Å². The molecule has 0 aliphatic heterocycles. The van der Waals surface area contributed by atoms with Crippen LogP contribution in [0.5, 0.6) is 0 Å². The molecular weight excluding hydrogens is 608 g/mol. The van der Waals surface area contributed by atoms with Crippen molar-refractivity contribution < 1.29 is 38.1 Å². The molecule has 8 nitrogen and oxygen atoms in total. The van der Waals surface area contributed by atoms with E-state index in [-0.39, 0.29) is 11.9 Å². The van der Waals surface area contributed by atoms with Crippen LogP contribution in [0.25, 0.3) is 0 Å². The highest BCUT2D eigenvalue weighted by Crippen LogP contribution is 2.62. The van der Waals surface area contributed by atoms with Gasteiger partial charge in [0.2, 0.25) is 0 Å². The molecule has 0 radical (unpaired) electrons.